The first-order valence-corrected chi connectivity index (χ1v) is 7.87. The molecule has 0 bridgehead atoms. The van der Waals surface area contributed by atoms with E-state index in [1.165, 1.54) is 0 Å². The van der Waals surface area contributed by atoms with E-state index in [1.54, 1.807) is 45.7 Å². The Morgan fingerprint density at radius 3 is 2.58 bits per heavy atom. The van der Waals surface area contributed by atoms with E-state index in [2.05, 4.69) is 15.5 Å². The van der Waals surface area contributed by atoms with Crippen LogP contribution in [0.1, 0.15) is 16.1 Å². The fourth-order valence-electron chi connectivity index (χ4n) is 2.54. The summed E-state index contributed by atoms with van der Waals surface area (Å²) in [6.07, 6.45) is 1.55. The van der Waals surface area contributed by atoms with Gasteiger partial charge in [0.1, 0.15) is 22.9 Å². The fourth-order valence-corrected chi connectivity index (χ4v) is 2.54. The van der Waals surface area contributed by atoms with Crippen molar-refractivity contribution in [1.82, 2.24) is 10.4 Å². The van der Waals surface area contributed by atoms with Crippen LogP contribution in [-0.4, -0.2) is 38.4 Å². The molecule has 3 aromatic rings. The van der Waals surface area contributed by atoms with Crippen LogP contribution in [0.15, 0.2) is 47.6 Å². The minimum Gasteiger partial charge on any atom is -0.497 e. The van der Waals surface area contributed by atoms with E-state index >= 15 is 0 Å². The molecule has 2 aromatic carbocycles. The first kappa shape index (κ1) is 17.3. The molecule has 0 radical (unpaired) electrons. The summed E-state index contributed by atoms with van der Waals surface area (Å²) in [5.41, 5.74) is 4.42. The van der Waals surface area contributed by atoms with Gasteiger partial charge in [0, 0.05) is 17.5 Å². The van der Waals surface area contributed by atoms with E-state index in [0.717, 1.165) is 22.2 Å². The van der Waals surface area contributed by atoms with Crippen LogP contribution < -0.4 is 19.6 Å². The smallest absolute Gasteiger partial charge is 0.287 e. The second-order valence-corrected chi connectivity index (χ2v) is 5.45. The average Bonchev–Trinajstić information content (AvgIpc) is 3.11. The minimum absolute atomic E-state index is 0.360. The molecule has 26 heavy (non-hydrogen) atoms. The first-order chi connectivity index (χ1) is 12.6. The minimum atomic E-state index is -0.360. The number of carbonyl (C=O) groups excluding carboxylic acids is 1. The number of methoxy groups -OCH3 is 3. The van der Waals surface area contributed by atoms with Crippen molar-refractivity contribution >= 4 is 23.0 Å². The van der Waals surface area contributed by atoms with E-state index in [-0.39, 0.29) is 5.91 Å². The average molecular weight is 353 g/mol. The SMILES string of the molecule is COc1cccc(/C=N\NC(=O)c2cc3c(OC)cc(OC)cc3[nH]2)c1. The molecule has 0 aliphatic rings. The number of hydrogen-bond acceptors (Lipinski definition) is 5. The van der Waals surface area contributed by atoms with Crippen molar-refractivity contribution in [3.05, 3.63) is 53.7 Å². The van der Waals surface area contributed by atoms with Crippen molar-refractivity contribution in [2.24, 2.45) is 5.10 Å². The number of hydrogen-bond donors (Lipinski definition) is 2. The molecule has 1 aromatic heterocycles. The zero-order valence-corrected chi connectivity index (χ0v) is 14.7. The summed E-state index contributed by atoms with van der Waals surface area (Å²) in [5.74, 6) is 1.62. The van der Waals surface area contributed by atoms with E-state index in [4.69, 9.17) is 14.2 Å². The van der Waals surface area contributed by atoms with Crippen LogP contribution >= 0.6 is 0 Å². The molecule has 0 aliphatic heterocycles. The Bertz CT molecular complexity index is 963. The number of nitrogens with one attached hydrogen (secondary N) is 2. The molecule has 3 rings (SSSR count). The van der Waals surface area contributed by atoms with Crippen LogP contribution in [0, 0.1) is 0 Å². The van der Waals surface area contributed by atoms with Gasteiger partial charge in [-0.1, -0.05) is 12.1 Å². The number of fused-ring (bicyclic) bond motifs is 1. The standard InChI is InChI=1S/C19H19N3O4/c1-24-13-6-4-5-12(7-13)11-20-22-19(23)17-10-15-16(21-17)8-14(25-2)9-18(15)26-3/h4-11,21H,1-3H3,(H,22,23)/b20-11-. The molecule has 0 saturated heterocycles. The molecular weight excluding hydrogens is 334 g/mol. The number of ether oxygens (including phenoxy) is 3. The van der Waals surface area contributed by atoms with Gasteiger partial charge in [-0.15, -0.1) is 0 Å². The van der Waals surface area contributed by atoms with Crippen LogP contribution in [0.2, 0.25) is 0 Å². The largest absolute Gasteiger partial charge is 0.497 e. The first-order valence-electron chi connectivity index (χ1n) is 7.87. The lowest BCUT2D eigenvalue weighted by Crippen LogP contribution is -2.17. The van der Waals surface area contributed by atoms with Crippen molar-refractivity contribution < 1.29 is 19.0 Å². The number of hydrazone groups is 1. The normalized spacial score (nSPS) is 10.9. The van der Waals surface area contributed by atoms with Gasteiger partial charge in [0.25, 0.3) is 5.91 Å². The number of aromatic nitrogens is 1. The van der Waals surface area contributed by atoms with Crippen molar-refractivity contribution in [3.8, 4) is 17.2 Å². The van der Waals surface area contributed by atoms with Gasteiger partial charge in [0.2, 0.25) is 0 Å². The number of H-pyrrole nitrogens is 1. The van der Waals surface area contributed by atoms with Gasteiger partial charge in [-0.25, -0.2) is 5.43 Å². The molecule has 134 valence electrons. The highest BCUT2D eigenvalue weighted by atomic mass is 16.5. The lowest BCUT2D eigenvalue weighted by atomic mass is 10.2. The summed E-state index contributed by atoms with van der Waals surface area (Å²) >= 11 is 0. The topological polar surface area (TPSA) is 84.9 Å². The third kappa shape index (κ3) is 3.61. The summed E-state index contributed by atoms with van der Waals surface area (Å²) < 4.78 is 15.7. The van der Waals surface area contributed by atoms with E-state index in [1.807, 2.05) is 24.3 Å². The second kappa shape index (κ2) is 7.60. The summed E-state index contributed by atoms with van der Waals surface area (Å²) in [6.45, 7) is 0. The second-order valence-electron chi connectivity index (χ2n) is 5.45. The highest BCUT2D eigenvalue weighted by Crippen LogP contribution is 2.31. The summed E-state index contributed by atoms with van der Waals surface area (Å²) in [4.78, 5) is 15.4. The molecule has 0 fully saturated rings. The van der Waals surface area contributed by atoms with Gasteiger partial charge in [0.05, 0.1) is 33.1 Å². The van der Waals surface area contributed by atoms with Gasteiger partial charge < -0.3 is 19.2 Å². The monoisotopic (exact) mass is 353 g/mol. The van der Waals surface area contributed by atoms with Crippen LogP contribution in [-0.2, 0) is 0 Å². The Morgan fingerprint density at radius 1 is 1.04 bits per heavy atom. The van der Waals surface area contributed by atoms with Gasteiger partial charge in [-0.3, -0.25) is 4.79 Å². The van der Waals surface area contributed by atoms with Crippen LogP contribution in [0.25, 0.3) is 10.9 Å². The van der Waals surface area contributed by atoms with E-state index in [0.29, 0.717) is 17.2 Å². The Morgan fingerprint density at radius 2 is 1.85 bits per heavy atom. The molecule has 0 aliphatic carbocycles. The fraction of sp³-hybridized carbons (Fsp3) is 0.158. The molecule has 0 atom stereocenters. The summed E-state index contributed by atoms with van der Waals surface area (Å²) in [5, 5.41) is 4.77. The Kier molecular flexibility index (Phi) is 5.07. The maximum Gasteiger partial charge on any atom is 0.287 e. The lowest BCUT2D eigenvalue weighted by molar-refractivity contribution is 0.0951. The van der Waals surface area contributed by atoms with E-state index in [9.17, 15) is 4.79 Å². The zero-order chi connectivity index (χ0) is 18.5. The Labute approximate surface area is 150 Å². The zero-order valence-electron chi connectivity index (χ0n) is 14.7. The highest BCUT2D eigenvalue weighted by Gasteiger charge is 2.13. The van der Waals surface area contributed by atoms with E-state index < -0.39 is 0 Å². The third-order valence-corrected chi connectivity index (χ3v) is 3.85. The molecule has 0 saturated carbocycles. The predicted molar refractivity (Wildman–Crippen MR) is 99.5 cm³/mol. The molecule has 1 amide bonds. The van der Waals surface area contributed by atoms with Crippen LogP contribution in [0.5, 0.6) is 17.2 Å². The quantitative estimate of drug-likeness (QED) is 0.527. The van der Waals surface area contributed by atoms with Gasteiger partial charge in [-0.2, -0.15) is 5.10 Å². The van der Waals surface area contributed by atoms with Crippen LogP contribution in [0.4, 0.5) is 0 Å². The van der Waals surface area contributed by atoms with Gasteiger partial charge in [-0.05, 0) is 23.8 Å². The molecule has 2 N–H and O–H groups in total. The Balaban J connectivity index is 1.78. The number of amides is 1. The number of nitrogens with zero attached hydrogens (tertiary/aromatic N) is 1. The third-order valence-electron chi connectivity index (χ3n) is 3.85. The predicted octanol–water partition coefficient (Wildman–Crippen LogP) is 2.96. The molecular formula is C19H19N3O4. The number of benzene rings is 2. The molecule has 7 nitrogen and oxygen atoms in total. The summed E-state index contributed by atoms with van der Waals surface area (Å²) in [7, 11) is 4.74. The highest BCUT2D eigenvalue weighted by molar-refractivity contribution is 6.00. The van der Waals surface area contributed by atoms with Crippen molar-refractivity contribution in [3.63, 3.8) is 0 Å². The number of carbonyl (C=O) groups is 1. The van der Waals surface area contributed by atoms with Crippen molar-refractivity contribution in [2.45, 2.75) is 0 Å². The van der Waals surface area contributed by atoms with Crippen molar-refractivity contribution in [2.75, 3.05) is 21.3 Å². The molecule has 0 spiro atoms. The van der Waals surface area contributed by atoms with Gasteiger partial charge >= 0.3 is 0 Å². The summed E-state index contributed by atoms with van der Waals surface area (Å²) in [6, 6.07) is 12.6. The number of aromatic amines is 1. The lowest BCUT2D eigenvalue weighted by Gasteiger charge is -2.04. The van der Waals surface area contributed by atoms with Crippen LogP contribution in [0.3, 0.4) is 0 Å². The molecule has 1 heterocycles. The maximum atomic E-state index is 12.3. The van der Waals surface area contributed by atoms with Gasteiger partial charge in [0.15, 0.2) is 0 Å². The molecule has 0 unspecified atom stereocenters. The maximum absolute atomic E-state index is 12.3. The molecule has 7 heteroatoms. The number of rotatable bonds is 6. The van der Waals surface area contributed by atoms with Crippen molar-refractivity contribution in [1.29, 1.82) is 0 Å². The Hall–Kier alpha value is -3.48.